The van der Waals surface area contributed by atoms with Gasteiger partial charge in [0.1, 0.15) is 5.82 Å². The third kappa shape index (κ3) is 3.43. The van der Waals surface area contributed by atoms with Gasteiger partial charge in [-0.1, -0.05) is 36.2 Å². The molecule has 1 saturated heterocycles. The van der Waals surface area contributed by atoms with Crippen LogP contribution in [0.2, 0.25) is 5.02 Å². The molecule has 2 aliphatic heterocycles. The van der Waals surface area contributed by atoms with Crippen LogP contribution in [-0.2, 0) is 17.8 Å². The zero-order chi connectivity index (χ0) is 19.8. The van der Waals surface area contributed by atoms with Gasteiger partial charge < -0.3 is 0 Å². The number of aromatic nitrogens is 3. The minimum absolute atomic E-state index is 0.0459. The largest absolute Gasteiger partial charge is 0.296 e. The second kappa shape index (κ2) is 7.61. The van der Waals surface area contributed by atoms with Gasteiger partial charge in [-0.2, -0.15) is 0 Å². The van der Waals surface area contributed by atoms with Gasteiger partial charge in [-0.3, -0.25) is 19.2 Å². The van der Waals surface area contributed by atoms with Crippen LogP contribution < -0.4 is 4.90 Å². The Morgan fingerprint density at radius 1 is 0.931 bits per heavy atom. The average molecular weight is 408 g/mol. The molecule has 2 aromatic carbocycles. The lowest BCUT2D eigenvalue weighted by molar-refractivity contribution is -0.117. The van der Waals surface area contributed by atoms with Gasteiger partial charge in [0, 0.05) is 10.7 Å². The number of rotatable bonds is 3. The van der Waals surface area contributed by atoms with Crippen LogP contribution in [0, 0.1) is 0 Å². The van der Waals surface area contributed by atoms with Crippen LogP contribution in [0.4, 0.5) is 11.4 Å². The Balaban J connectivity index is 1.63. The van der Waals surface area contributed by atoms with Gasteiger partial charge in [-0.25, -0.2) is 0 Å². The highest BCUT2D eigenvalue weighted by Crippen LogP contribution is 2.37. The van der Waals surface area contributed by atoms with Gasteiger partial charge in [0.15, 0.2) is 5.82 Å². The molecule has 0 aliphatic carbocycles. The molecule has 0 saturated carbocycles. The molecule has 0 spiro atoms. The summed E-state index contributed by atoms with van der Waals surface area (Å²) in [6.45, 7) is 2.88. The van der Waals surface area contributed by atoms with Gasteiger partial charge >= 0.3 is 0 Å². The van der Waals surface area contributed by atoms with Crippen molar-refractivity contribution in [2.24, 2.45) is 0 Å². The second-order valence-corrected chi connectivity index (χ2v) is 8.02. The molecule has 6 nitrogen and oxygen atoms in total. The first-order chi connectivity index (χ1) is 14.2. The fourth-order valence-corrected chi connectivity index (χ4v) is 4.41. The molecule has 0 unspecified atom stereocenters. The summed E-state index contributed by atoms with van der Waals surface area (Å²) >= 11 is 6.34. The molecule has 0 atom stereocenters. The van der Waals surface area contributed by atoms with E-state index in [1.54, 1.807) is 4.90 Å². The van der Waals surface area contributed by atoms with Crippen molar-refractivity contribution in [2.75, 3.05) is 18.0 Å². The molecule has 3 aromatic rings. The smallest absolute Gasteiger partial charge is 0.239 e. The van der Waals surface area contributed by atoms with Gasteiger partial charge in [-0.15, -0.1) is 10.2 Å². The molecule has 29 heavy (non-hydrogen) atoms. The molecule has 0 bridgehead atoms. The summed E-state index contributed by atoms with van der Waals surface area (Å²) in [5.41, 5.74) is 2.46. The van der Waals surface area contributed by atoms with Crippen LogP contribution >= 0.6 is 11.6 Å². The number of benzene rings is 2. The number of carbonyl (C=O) groups is 1. The summed E-state index contributed by atoms with van der Waals surface area (Å²) in [6, 6.07) is 15.3. The van der Waals surface area contributed by atoms with Crippen molar-refractivity contribution in [1.82, 2.24) is 19.7 Å². The molecule has 0 radical (unpaired) electrons. The number of para-hydroxylation sites is 1. The molecular weight excluding hydrogens is 386 g/mol. The monoisotopic (exact) mass is 407 g/mol. The molecule has 1 aromatic heterocycles. The van der Waals surface area contributed by atoms with Crippen LogP contribution in [0.5, 0.6) is 0 Å². The number of likely N-dealkylation sites (tertiary alicyclic amines) is 1. The standard InChI is InChI=1S/C22H22ClN5O/c23-16-9-10-18-19(13-16)27(17-7-3-1-4-8-17)22(29)14-20-24-25-21(28(18)20)15-26-11-5-2-6-12-26/h1,3-4,7-10,13H,2,5-6,11-12,14-15H2. The summed E-state index contributed by atoms with van der Waals surface area (Å²) in [4.78, 5) is 17.4. The minimum atomic E-state index is -0.0459. The van der Waals surface area contributed by atoms with Crippen LogP contribution in [0.3, 0.4) is 0 Å². The Morgan fingerprint density at radius 2 is 1.72 bits per heavy atom. The molecule has 2 aliphatic rings. The Kier molecular flexibility index (Phi) is 4.81. The fourth-order valence-electron chi connectivity index (χ4n) is 4.24. The number of carbonyl (C=O) groups excluding carboxylic acids is 1. The highest BCUT2D eigenvalue weighted by molar-refractivity contribution is 6.31. The molecular formula is C22H22ClN5O. The quantitative estimate of drug-likeness (QED) is 0.655. The topological polar surface area (TPSA) is 54.3 Å². The lowest BCUT2D eigenvalue weighted by atomic mass is 10.1. The van der Waals surface area contributed by atoms with Crippen molar-refractivity contribution in [3.8, 4) is 5.69 Å². The van der Waals surface area contributed by atoms with E-state index in [-0.39, 0.29) is 12.3 Å². The Hall–Kier alpha value is -2.70. The zero-order valence-electron chi connectivity index (χ0n) is 16.1. The third-order valence-electron chi connectivity index (χ3n) is 5.60. The van der Waals surface area contributed by atoms with E-state index in [2.05, 4.69) is 15.1 Å². The molecule has 1 fully saturated rings. The predicted octanol–water partition coefficient (Wildman–Crippen LogP) is 4.13. The molecule has 3 heterocycles. The molecule has 7 heteroatoms. The Morgan fingerprint density at radius 3 is 2.52 bits per heavy atom. The lowest BCUT2D eigenvalue weighted by Gasteiger charge is -2.26. The van der Waals surface area contributed by atoms with E-state index in [4.69, 9.17) is 11.6 Å². The summed E-state index contributed by atoms with van der Waals surface area (Å²) in [5.74, 6) is 1.49. The van der Waals surface area contributed by atoms with Crippen molar-refractivity contribution in [3.63, 3.8) is 0 Å². The number of nitrogens with zero attached hydrogens (tertiary/aromatic N) is 5. The number of hydrogen-bond donors (Lipinski definition) is 0. The van der Waals surface area contributed by atoms with Crippen LogP contribution in [0.1, 0.15) is 30.9 Å². The van der Waals surface area contributed by atoms with Crippen molar-refractivity contribution in [1.29, 1.82) is 0 Å². The zero-order valence-corrected chi connectivity index (χ0v) is 16.8. The SMILES string of the molecule is O=C1Cc2nnc(CN3CCCCC3)n2-c2ccc(Cl)cc2N1c1ccccc1. The summed E-state index contributed by atoms with van der Waals surface area (Å²) in [7, 11) is 0. The highest BCUT2D eigenvalue weighted by atomic mass is 35.5. The van der Waals surface area contributed by atoms with E-state index >= 15 is 0 Å². The van der Waals surface area contributed by atoms with Crippen LogP contribution in [0.25, 0.3) is 5.69 Å². The van der Waals surface area contributed by atoms with Crippen molar-refractivity contribution < 1.29 is 4.79 Å². The number of hydrogen-bond acceptors (Lipinski definition) is 4. The maximum atomic E-state index is 13.2. The van der Waals surface area contributed by atoms with Crippen molar-refractivity contribution in [2.45, 2.75) is 32.2 Å². The lowest BCUT2D eigenvalue weighted by Crippen LogP contribution is -2.30. The average Bonchev–Trinajstić information content (AvgIpc) is 3.06. The summed E-state index contributed by atoms with van der Waals surface area (Å²) in [5, 5.41) is 9.43. The summed E-state index contributed by atoms with van der Waals surface area (Å²) < 4.78 is 2.04. The van der Waals surface area contributed by atoms with E-state index in [1.807, 2.05) is 53.1 Å². The molecule has 1 amide bonds. The van der Waals surface area contributed by atoms with E-state index < -0.39 is 0 Å². The number of anilines is 2. The van der Waals surface area contributed by atoms with E-state index in [9.17, 15) is 4.79 Å². The highest BCUT2D eigenvalue weighted by Gasteiger charge is 2.30. The molecule has 5 rings (SSSR count). The summed E-state index contributed by atoms with van der Waals surface area (Å²) in [6.07, 6.45) is 3.91. The maximum absolute atomic E-state index is 13.2. The normalized spacial score (nSPS) is 17.0. The van der Waals surface area contributed by atoms with E-state index in [0.29, 0.717) is 10.8 Å². The van der Waals surface area contributed by atoms with Crippen molar-refractivity contribution >= 4 is 28.9 Å². The predicted molar refractivity (Wildman–Crippen MR) is 113 cm³/mol. The van der Waals surface area contributed by atoms with E-state index in [1.165, 1.54) is 19.3 Å². The fraction of sp³-hybridized carbons (Fsp3) is 0.318. The minimum Gasteiger partial charge on any atom is -0.296 e. The van der Waals surface area contributed by atoms with Gasteiger partial charge in [-0.05, 0) is 56.3 Å². The number of halogens is 1. The Labute approximate surface area is 174 Å². The molecule has 0 N–H and O–H groups in total. The second-order valence-electron chi connectivity index (χ2n) is 7.58. The maximum Gasteiger partial charge on any atom is 0.239 e. The first-order valence-electron chi connectivity index (χ1n) is 10.0. The van der Waals surface area contributed by atoms with Crippen molar-refractivity contribution in [3.05, 3.63) is 65.2 Å². The van der Waals surface area contributed by atoms with Gasteiger partial charge in [0.25, 0.3) is 0 Å². The molecule has 148 valence electrons. The van der Waals surface area contributed by atoms with Gasteiger partial charge in [0.2, 0.25) is 5.91 Å². The first-order valence-corrected chi connectivity index (χ1v) is 10.4. The van der Waals surface area contributed by atoms with Crippen LogP contribution in [0.15, 0.2) is 48.5 Å². The van der Waals surface area contributed by atoms with Crippen LogP contribution in [-0.4, -0.2) is 38.7 Å². The number of piperidine rings is 1. The van der Waals surface area contributed by atoms with Gasteiger partial charge in [0.05, 0.1) is 24.3 Å². The van der Waals surface area contributed by atoms with E-state index in [0.717, 1.165) is 42.5 Å². The first kappa shape index (κ1) is 18.3. The Bertz CT molecular complexity index is 1040. The number of fused-ring (bicyclic) bond motifs is 3. The number of amides is 1. The third-order valence-corrected chi connectivity index (χ3v) is 5.84.